The molecule has 0 aliphatic carbocycles. The number of halogens is 2. The number of ether oxygens (including phenoxy) is 1. The van der Waals surface area contributed by atoms with Crippen molar-refractivity contribution in [3.05, 3.63) is 57.6 Å². The second kappa shape index (κ2) is 5.79. The quantitative estimate of drug-likeness (QED) is 0.425. The number of carboxylic acids is 2. The fourth-order valence-corrected chi connectivity index (χ4v) is 3.17. The minimum Gasteiger partial charge on any atom is -0.478 e. The number of aromatic carboxylic acids is 2. The Morgan fingerprint density at radius 1 is 0.846 bits per heavy atom. The molecule has 4 rings (SSSR count). The van der Waals surface area contributed by atoms with Crippen LogP contribution in [-0.2, 0) is 0 Å². The maximum atomic E-state index is 11.5. The minimum absolute atomic E-state index is 0.120. The molecule has 0 atom stereocenters. The maximum absolute atomic E-state index is 11.5. The van der Waals surface area contributed by atoms with Crippen LogP contribution in [0.25, 0.3) is 10.8 Å². The molecule has 130 valence electrons. The summed E-state index contributed by atoms with van der Waals surface area (Å²) < 4.78 is 5.77. The van der Waals surface area contributed by atoms with Crippen LogP contribution in [0.2, 0.25) is 10.0 Å². The standard InChI is InChI=1S/C18H9Cl2NO5/c19-11-2-7-4-13-14(5-8(7)3-12(11)20)26-15-6-9(17(22)23)1-10(18(24)25)16(15)21-13/h1-6,21H,(H,22,23)(H,24,25). The molecule has 6 nitrogen and oxygen atoms in total. The second-order valence-corrected chi connectivity index (χ2v) is 6.51. The van der Waals surface area contributed by atoms with Crippen molar-refractivity contribution in [1.82, 2.24) is 0 Å². The fourth-order valence-electron chi connectivity index (χ4n) is 2.83. The number of rotatable bonds is 2. The minimum atomic E-state index is -1.26. The van der Waals surface area contributed by atoms with Crippen molar-refractivity contribution in [3.8, 4) is 11.5 Å². The zero-order valence-corrected chi connectivity index (χ0v) is 14.4. The average Bonchev–Trinajstić information content (AvgIpc) is 2.58. The van der Waals surface area contributed by atoms with E-state index in [0.29, 0.717) is 21.5 Å². The van der Waals surface area contributed by atoms with Crippen LogP contribution in [0.15, 0.2) is 36.4 Å². The average molecular weight is 390 g/mol. The van der Waals surface area contributed by atoms with Gasteiger partial charge in [0.05, 0.1) is 32.5 Å². The van der Waals surface area contributed by atoms with Gasteiger partial charge in [-0.2, -0.15) is 0 Å². The van der Waals surface area contributed by atoms with E-state index in [0.717, 1.165) is 16.8 Å². The van der Waals surface area contributed by atoms with Crippen LogP contribution >= 0.6 is 23.2 Å². The van der Waals surface area contributed by atoms with Crippen LogP contribution in [0.5, 0.6) is 11.5 Å². The van der Waals surface area contributed by atoms with Crippen molar-refractivity contribution in [1.29, 1.82) is 0 Å². The van der Waals surface area contributed by atoms with Gasteiger partial charge in [-0.25, -0.2) is 9.59 Å². The van der Waals surface area contributed by atoms with Gasteiger partial charge >= 0.3 is 11.9 Å². The van der Waals surface area contributed by atoms with E-state index >= 15 is 0 Å². The van der Waals surface area contributed by atoms with Crippen LogP contribution in [-0.4, -0.2) is 22.2 Å². The van der Waals surface area contributed by atoms with Crippen LogP contribution in [0, 0.1) is 0 Å². The lowest BCUT2D eigenvalue weighted by molar-refractivity contribution is 0.0696. The molecule has 3 N–H and O–H groups in total. The summed E-state index contributed by atoms with van der Waals surface area (Å²) in [5, 5.41) is 24.0. The summed E-state index contributed by atoms with van der Waals surface area (Å²) in [4.78, 5) is 22.8. The smallest absolute Gasteiger partial charge is 0.337 e. The molecular weight excluding hydrogens is 381 g/mol. The molecule has 0 spiro atoms. The first-order valence-corrected chi connectivity index (χ1v) is 8.11. The Morgan fingerprint density at radius 3 is 2.12 bits per heavy atom. The van der Waals surface area contributed by atoms with Gasteiger partial charge in [-0.3, -0.25) is 0 Å². The van der Waals surface area contributed by atoms with E-state index in [1.54, 1.807) is 24.3 Å². The van der Waals surface area contributed by atoms with Gasteiger partial charge in [-0.1, -0.05) is 23.2 Å². The molecule has 0 fully saturated rings. The summed E-state index contributed by atoms with van der Waals surface area (Å²) in [6.07, 6.45) is 0. The third-order valence-electron chi connectivity index (χ3n) is 4.04. The number of carbonyl (C=O) groups is 2. The van der Waals surface area contributed by atoms with Gasteiger partial charge in [-0.05, 0) is 47.2 Å². The zero-order chi connectivity index (χ0) is 18.6. The Kier molecular flexibility index (Phi) is 3.68. The number of hydrogen-bond donors (Lipinski definition) is 3. The van der Waals surface area contributed by atoms with Crippen LogP contribution < -0.4 is 10.1 Å². The van der Waals surface area contributed by atoms with Crippen molar-refractivity contribution in [2.24, 2.45) is 0 Å². The van der Waals surface area contributed by atoms with E-state index in [-0.39, 0.29) is 22.6 Å². The van der Waals surface area contributed by atoms with E-state index in [4.69, 9.17) is 27.9 Å². The third-order valence-corrected chi connectivity index (χ3v) is 4.76. The zero-order valence-electron chi connectivity index (χ0n) is 12.8. The van der Waals surface area contributed by atoms with Crippen molar-refractivity contribution in [2.75, 3.05) is 5.32 Å². The Bertz CT molecular complexity index is 1130. The highest BCUT2D eigenvalue weighted by Crippen LogP contribution is 2.46. The first kappa shape index (κ1) is 16.5. The van der Waals surface area contributed by atoms with Gasteiger partial charge in [0.15, 0.2) is 11.5 Å². The molecule has 0 amide bonds. The number of anilines is 2. The molecular formula is C18H9Cl2NO5. The van der Waals surface area contributed by atoms with E-state index < -0.39 is 11.9 Å². The highest BCUT2D eigenvalue weighted by Gasteiger charge is 2.25. The molecule has 0 aromatic heterocycles. The summed E-state index contributed by atoms with van der Waals surface area (Å²) in [5.41, 5.74) is 0.352. The maximum Gasteiger partial charge on any atom is 0.337 e. The fraction of sp³-hybridized carbons (Fsp3) is 0. The first-order valence-electron chi connectivity index (χ1n) is 7.36. The Balaban J connectivity index is 1.90. The van der Waals surface area contributed by atoms with Crippen molar-refractivity contribution in [3.63, 3.8) is 0 Å². The number of benzene rings is 3. The normalized spacial score (nSPS) is 11.9. The summed E-state index contributed by atoms with van der Waals surface area (Å²) in [6.45, 7) is 0. The Morgan fingerprint density at radius 2 is 1.50 bits per heavy atom. The SMILES string of the molecule is O=C(O)c1cc2c(c(C(=O)O)c1)Nc1cc3cc(Cl)c(Cl)cc3cc1O2. The number of nitrogens with one attached hydrogen (secondary N) is 1. The predicted molar refractivity (Wildman–Crippen MR) is 97.7 cm³/mol. The molecule has 0 bridgehead atoms. The number of carboxylic acid groups (broad SMARTS) is 2. The summed E-state index contributed by atoms with van der Waals surface area (Å²) in [5.74, 6) is -1.97. The van der Waals surface area contributed by atoms with Crippen LogP contribution in [0.4, 0.5) is 11.4 Å². The van der Waals surface area contributed by atoms with E-state index in [1.807, 2.05) is 0 Å². The van der Waals surface area contributed by atoms with E-state index in [9.17, 15) is 19.8 Å². The van der Waals surface area contributed by atoms with Gasteiger partial charge in [-0.15, -0.1) is 0 Å². The van der Waals surface area contributed by atoms with Gasteiger partial charge in [0.2, 0.25) is 0 Å². The summed E-state index contributed by atoms with van der Waals surface area (Å²) in [6, 6.07) is 9.22. The predicted octanol–water partition coefficient (Wildman–Crippen LogP) is 5.39. The lowest BCUT2D eigenvalue weighted by Gasteiger charge is -2.24. The lowest BCUT2D eigenvalue weighted by atomic mass is 10.0. The highest BCUT2D eigenvalue weighted by molar-refractivity contribution is 6.42. The van der Waals surface area contributed by atoms with Crippen LogP contribution in [0.3, 0.4) is 0 Å². The Labute approximate surface area is 156 Å². The second-order valence-electron chi connectivity index (χ2n) is 5.70. The molecule has 0 radical (unpaired) electrons. The third kappa shape index (κ3) is 2.60. The lowest BCUT2D eigenvalue weighted by Crippen LogP contribution is -2.11. The molecule has 1 aliphatic rings. The van der Waals surface area contributed by atoms with Gasteiger partial charge in [0.1, 0.15) is 0 Å². The monoisotopic (exact) mass is 389 g/mol. The Hall–Kier alpha value is -2.96. The van der Waals surface area contributed by atoms with Gasteiger partial charge in [0.25, 0.3) is 0 Å². The summed E-state index contributed by atoms with van der Waals surface area (Å²) in [7, 11) is 0. The van der Waals surface area contributed by atoms with Gasteiger partial charge in [0, 0.05) is 0 Å². The van der Waals surface area contributed by atoms with E-state index in [1.165, 1.54) is 6.07 Å². The summed E-state index contributed by atoms with van der Waals surface area (Å²) >= 11 is 12.1. The number of fused-ring (bicyclic) bond motifs is 3. The highest BCUT2D eigenvalue weighted by atomic mass is 35.5. The molecule has 3 aromatic rings. The molecule has 0 unspecified atom stereocenters. The molecule has 26 heavy (non-hydrogen) atoms. The van der Waals surface area contributed by atoms with Crippen molar-refractivity contribution >= 4 is 57.3 Å². The molecule has 8 heteroatoms. The first-order chi connectivity index (χ1) is 12.3. The van der Waals surface area contributed by atoms with E-state index in [2.05, 4.69) is 5.32 Å². The van der Waals surface area contributed by atoms with Crippen molar-refractivity contribution in [2.45, 2.75) is 0 Å². The van der Waals surface area contributed by atoms with Crippen molar-refractivity contribution < 1.29 is 24.5 Å². The number of hydrogen-bond acceptors (Lipinski definition) is 4. The largest absolute Gasteiger partial charge is 0.478 e. The molecule has 1 aliphatic heterocycles. The van der Waals surface area contributed by atoms with Gasteiger partial charge < -0.3 is 20.3 Å². The molecule has 0 saturated heterocycles. The molecule has 0 saturated carbocycles. The molecule has 3 aromatic carbocycles. The van der Waals surface area contributed by atoms with Crippen LogP contribution in [0.1, 0.15) is 20.7 Å². The molecule has 1 heterocycles. The topological polar surface area (TPSA) is 95.9 Å².